The highest BCUT2D eigenvalue weighted by atomic mass is 127. The quantitative estimate of drug-likeness (QED) is 0.350. The Hall–Kier alpha value is -0.820. The van der Waals surface area contributed by atoms with Crippen LogP contribution in [0.5, 0.6) is 0 Å². The summed E-state index contributed by atoms with van der Waals surface area (Å²) in [5, 5.41) is 10.5. The summed E-state index contributed by atoms with van der Waals surface area (Å²) in [6.07, 6.45) is 1.08. The van der Waals surface area contributed by atoms with Crippen molar-refractivity contribution in [2.24, 2.45) is 4.99 Å². The molecule has 5 heteroatoms. The topological polar surface area (TPSA) is 48.5 Å². The van der Waals surface area contributed by atoms with Gasteiger partial charge >= 0.3 is 0 Å². The van der Waals surface area contributed by atoms with Gasteiger partial charge in [-0.05, 0) is 39.7 Å². The maximum absolute atomic E-state index is 4.28. The molecule has 0 aromatic heterocycles. The Bertz CT molecular complexity index is 459. The molecule has 2 unspecified atom stereocenters. The summed E-state index contributed by atoms with van der Waals surface area (Å²) < 4.78 is 0. The molecular weight excluding hydrogens is 399 g/mol. The number of benzene rings is 1. The van der Waals surface area contributed by atoms with Gasteiger partial charge in [-0.3, -0.25) is 4.99 Å². The summed E-state index contributed by atoms with van der Waals surface area (Å²) in [6, 6.07) is 11.3. The van der Waals surface area contributed by atoms with E-state index in [1.165, 1.54) is 5.56 Å². The Labute approximate surface area is 158 Å². The van der Waals surface area contributed by atoms with E-state index in [2.05, 4.69) is 79.8 Å². The van der Waals surface area contributed by atoms with E-state index in [-0.39, 0.29) is 29.5 Å². The molecule has 0 saturated heterocycles. The van der Waals surface area contributed by atoms with Crippen molar-refractivity contribution in [3.8, 4) is 0 Å². The Balaban J connectivity index is 0.00000484. The van der Waals surface area contributed by atoms with Crippen LogP contribution in [-0.2, 0) is 0 Å². The van der Waals surface area contributed by atoms with Crippen molar-refractivity contribution in [2.75, 3.05) is 13.6 Å². The molecule has 0 bridgehead atoms. The maximum Gasteiger partial charge on any atom is 0.191 e. The van der Waals surface area contributed by atoms with Crippen LogP contribution in [0.4, 0.5) is 0 Å². The zero-order valence-electron chi connectivity index (χ0n) is 15.3. The van der Waals surface area contributed by atoms with Gasteiger partial charge in [-0.2, -0.15) is 0 Å². The minimum atomic E-state index is -0.0394. The molecule has 0 amide bonds. The van der Waals surface area contributed by atoms with Gasteiger partial charge in [0.15, 0.2) is 5.96 Å². The van der Waals surface area contributed by atoms with Crippen molar-refractivity contribution in [3.05, 3.63) is 35.9 Å². The van der Waals surface area contributed by atoms with Crippen LogP contribution in [0.15, 0.2) is 35.3 Å². The van der Waals surface area contributed by atoms with Crippen LogP contribution in [0, 0.1) is 0 Å². The molecule has 4 nitrogen and oxygen atoms in total. The number of guanidine groups is 1. The van der Waals surface area contributed by atoms with Crippen molar-refractivity contribution < 1.29 is 0 Å². The highest BCUT2D eigenvalue weighted by molar-refractivity contribution is 14.0. The van der Waals surface area contributed by atoms with Crippen molar-refractivity contribution in [3.63, 3.8) is 0 Å². The third kappa shape index (κ3) is 8.55. The Kier molecular flexibility index (Phi) is 10.5. The van der Waals surface area contributed by atoms with Gasteiger partial charge in [0.1, 0.15) is 0 Å². The molecule has 1 rings (SSSR count). The summed E-state index contributed by atoms with van der Waals surface area (Å²) in [5.41, 5.74) is 1.26. The number of hydrogen-bond donors (Lipinski definition) is 3. The van der Waals surface area contributed by atoms with Crippen LogP contribution >= 0.6 is 24.0 Å². The molecule has 132 valence electrons. The minimum absolute atomic E-state index is 0. The third-order valence-corrected chi connectivity index (χ3v) is 3.82. The van der Waals surface area contributed by atoms with E-state index in [0.29, 0.717) is 12.1 Å². The van der Waals surface area contributed by atoms with E-state index in [0.717, 1.165) is 18.9 Å². The number of halogens is 1. The first-order valence-corrected chi connectivity index (χ1v) is 8.17. The molecule has 0 aliphatic heterocycles. The van der Waals surface area contributed by atoms with Crippen molar-refractivity contribution in [2.45, 2.75) is 58.7 Å². The predicted octanol–water partition coefficient (Wildman–Crippen LogP) is 3.70. The fourth-order valence-electron chi connectivity index (χ4n) is 2.30. The molecule has 2 atom stereocenters. The molecule has 0 fully saturated rings. The maximum atomic E-state index is 4.28. The second-order valence-electron chi connectivity index (χ2n) is 6.54. The minimum Gasteiger partial charge on any atom is -0.355 e. The lowest BCUT2D eigenvalue weighted by Crippen LogP contribution is -2.53. The summed E-state index contributed by atoms with van der Waals surface area (Å²) in [6.45, 7) is 11.7. The number of nitrogens with one attached hydrogen (secondary N) is 3. The second-order valence-corrected chi connectivity index (χ2v) is 6.54. The first kappa shape index (κ1) is 22.2. The SMILES string of the molecule is CCC(C)NC(=NC)NCC(C)(C)NC(C)c1ccccc1.I. The van der Waals surface area contributed by atoms with Gasteiger partial charge in [-0.25, -0.2) is 0 Å². The van der Waals surface area contributed by atoms with Crippen LogP contribution in [0.25, 0.3) is 0 Å². The molecule has 23 heavy (non-hydrogen) atoms. The predicted molar refractivity (Wildman–Crippen MR) is 112 cm³/mol. The Morgan fingerprint density at radius 3 is 2.30 bits per heavy atom. The smallest absolute Gasteiger partial charge is 0.191 e. The van der Waals surface area contributed by atoms with Crippen LogP contribution in [0.3, 0.4) is 0 Å². The monoisotopic (exact) mass is 432 g/mol. The number of nitrogens with zero attached hydrogens (tertiary/aromatic N) is 1. The van der Waals surface area contributed by atoms with Crippen molar-refractivity contribution in [1.29, 1.82) is 0 Å². The number of hydrogen-bond acceptors (Lipinski definition) is 2. The van der Waals surface area contributed by atoms with Gasteiger partial charge in [0.2, 0.25) is 0 Å². The standard InChI is InChI=1S/C18H32N4.HI/c1-7-14(2)21-17(19-6)20-13-18(4,5)22-15(3)16-11-9-8-10-12-16;/h8-12,14-15,22H,7,13H2,1-6H3,(H2,19,20,21);1H. The lowest BCUT2D eigenvalue weighted by Gasteiger charge is -2.31. The average Bonchev–Trinajstić information content (AvgIpc) is 2.51. The Morgan fingerprint density at radius 2 is 1.78 bits per heavy atom. The van der Waals surface area contributed by atoms with E-state index in [4.69, 9.17) is 0 Å². The fourth-order valence-corrected chi connectivity index (χ4v) is 2.30. The second kappa shape index (κ2) is 10.9. The molecule has 0 heterocycles. The summed E-state index contributed by atoms with van der Waals surface area (Å²) in [5.74, 6) is 0.858. The van der Waals surface area contributed by atoms with Crippen LogP contribution in [-0.4, -0.2) is 31.1 Å². The molecule has 0 aliphatic carbocycles. The molecule has 0 aliphatic rings. The van der Waals surface area contributed by atoms with E-state index < -0.39 is 0 Å². The summed E-state index contributed by atoms with van der Waals surface area (Å²) in [4.78, 5) is 4.28. The van der Waals surface area contributed by atoms with Crippen molar-refractivity contribution >= 4 is 29.9 Å². The molecule has 1 aromatic rings. The normalized spacial score (nSPS) is 14.6. The molecule has 3 N–H and O–H groups in total. The first-order valence-electron chi connectivity index (χ1n) is 8.17. The zero-order chi connectivity index (χ0) is 16.6. The molecule has 0 saturated carbocycles. The van der Waals surface area contributed by atoms with Gasteiger partial charge in [-0.1, -0.05) is 37.3 Å². The summed E-state index contributed by atoms with van der Waals surface area (Å²) in [7, 11) is 1.81. The van der Waals surface area contributed by atoms with Gasteiger partial charge in [0.25, 0.3) is 0 Å². The lowest BCUT2D eigenvalue weighted by atomic mass is 10.0. The van der Waals surface area contributed by atoms with E-state index >= 15 is 0 Å². The van der Waals surface area contributed by atoms with E-state index in [1.54, 1.807) is 0 Å². The lowest BCUT2D eigenvalue weighted by molar-refractivity contribution is 0.344. The zero-order valence-corrected chi connectivity index (χ0v) is 17.6. The fraction of sp³-hybridized carbons (Fsp3) is 0.611. The van der Waals surface area contributed by atoms with Gasteiger partial charge in [0.05, 0.1) is 0 Å². The van der Waals surface area contributed by atoms with Gasteiger partial charge < -0.3 is 16.0 Å². The van der Waals surface area contributed by atoms with Crippen LogP contribution in [0.2, 0.25) is 0 Å². The summed E-state index contributed by atoms with van der Waals surface area (Å²) >= 11 is 0. The van der Waals surface area contributed by atoms with Crippen LogP contribution < -0.4 is 16.0 Å². The first-order chi connectivity index (χ1) is 10.4. The van der Waals surface area contributed by atoms with Gasteiger partial charge in [0, 0.05) is 31.2 Å². The van der Waals surface area contributed by atoms with Crippen molar-refractivity contribution in [1.82, 2.24) is 16.0 Å². The molecule has 1 aromatic carbocycles. The van der Waals surface area contributed by atoms with Gasteiger partial charge in [-0.15, -0.1) is 24.0 Å². The third-order valence-electron chi connectivity index (χ3n) is 3.82. The Morgan fingerprint density at radius 1 is 1.17 bits per heavy atom. The average molecular weight is 432 g/mol. The van der Waals surface area contributed by atoms with E-state index in [9.17, 15) is 0 Å². The molecular formula is C18H33IN4. The van der Waals surface area contributed by atoms with E-state index in [1.807, 2.05) is 13.1 Å². The molecule has 0 radical (unpaired) electrons. The van der Waals surface area contributed by atoms with Crippen LogP contribution in [0.1, 0.15) is 52.6 Å². The highest BCUT2D eigenvalue weighted by Crippen LogP contribution is 2.15. The number of aliphatic imine (C=N–C) groups is 1. The number of rotatable bonds is 7. The molecule has 0 spiro atoms. The highest BCUT2D eigenvalue weighted by Gasteiger charge is 2.21. The largest absolute Gasteiger partial charge is 0.355 e.